The normalized spacial score (nSPS) is 13.7. The van der Waals surface area contributed by atoms with Crippen LogP contribution in [0.15, 0.2) is 6.33 Å². The summed E-state index contributed by atoms with van der Waals surface area (Å²) in [4.78, 5) is 17.8. The average molecular weight is 274 g/mol. The summed E-state index contributed by atoms with van der Waals surface area (Å²) in [5.41, 5.74) is -0.325. The number of nitrogens with one attached hydrogen (secondary N) is 1. The van der Waals surface area contributed by atoms with Gasteiger partial charge in [0.25, 0.3) is 5.88 Å². The van der Waals surface area contributed by atoms with Crippen molar-refractivity contribution in [1.82, 2.24) is 9.97 Å². The van der Waals surface area contributed by atoms with Crippen LogP contribution in [-0.4, -0.2) is 44.3 Å². The Hall–Kier alpha value is -1.77. The van der Waals surface area contributed by atoms with Crippen LogP contribution < -0.4 is 10.1 Å². The quantitative estimate of drug-likeness (QED) is 0.597. The highest BCUT2D eigenvalue weighted by Gasteiger charge is 2.24. The lowest BCUT2D eigenvalue weighted by atomic mass is 10.4. The molecule has 2 unspecified atom stereocenters. The predicted octanol–water partition coefficient (Wildman–Crippen LogP) is 0.572. The largest absolute Gasteiger partial charge is 0.476 e. The molecular weight excluding hydrogens is 260 g/mol. The molecule has 1 aromatic rings. The van der Waals surface area contributed by atoms with Gasteiger partial charge in [0.05, 0.1) is 12.0 Å². The molecule has 0 saturated carbocycles. The van der Waals surface area contributed by atoms with Gasteiger partial charge < -0.3 is 10.1 Å². The Bertz CT molecular complexity index is 468. The van der Waals surface area contributed by atoms with Crippen LogP contribution in [0.4, 0.5) is 11.5 Å². The molecule has 1 heterocycles. The summed E-state index contributed by atoms with van der Waals surface area (Å²) in [6, 6.07) is 0. The fourth-order valence-electron chi connectivity index (χ4n) is 1.16. The van der Waals surface area contributed by atoms with Crippen molar-refractivity contribution in [3.05, 3.63) is 16.4 Å². The number of nitro groups is 1. The van der Waals surface area contributed by atoms with E-state index < -0.39 is 15.7 Å². The maximum Gasteiger partial charge on any atom is 0.372 e. The van der Waals surface area contributed by atoms with Gasteiger partial charge in [0.15, 0.2) is 0 Å². The Morgan fingerprint density at radius 3 is 2.78 bits per heavy atom. The SMILES string of the molecule is COc1ncnc(NCC(C)S(C)=O)c1[N+](=O)[O-]. The summed E-state index contributed by atoms with van der Waals surface area (Å²) in [7, 11) is 0.279. The Morgan fingerprint density at radius 1 is 1.61 bits per heavy atom. The molecule has 18 heavy (non-hydrogen) atoms. The molecule has 1 N–H and O–H groups in total. The minimum absolute atomic E-state index is 0.0594. The van der Waals surface area contributed by atoms with Crippen LogP contribution in [0.2, 0.25) is 0 Å². The van der Waals surface area contributed by atoms with Gasteiger partial charge in [-0.25, -0.2) is 4.98 Å². The van der Waals surface area contributed by atoms with Crippen molar-refractivity contribution in [1.29, 1.82) is 0 Å². The molecule has 1 aromatic heterocycles. The number of methoxy groups -OCH3 is 1. The first-order valence-corrected chi connectivity index (χ1v) is 6.69. The Kier molecular flexibility index (Phi) is 4.95. The minimum Gasteiger partial charge on any atom is -0.476 e. The molecule has 1 rings (SSSR count). The van der Waals surface area contributed by atoms with Crippen LogP contribution in [0.25, 0.3) is 0 Å². The average Bonchev–Trinajstić information content (AvgIpc) is 2.34. The monoisotopic (exact) mass is 274 g/mol. The van der Waals surface area contributed by atoms with Crippen LogP contribution in [0.1, 0.15) is 6.92 Å². The maximum absolute atomic E-state index is 11.2. The summed E-state index contributed by atoms with van der Waals surface area (Å²) in [6.07, 6.45) is 2.74. The highest BCUT2D eigenvalue weighted by Crippen LogP contribution is 2.30. The van der Waals surface area contributed by atoms with Crippen molar-refractivity contribution < 1.29 is 13.9 Å². The summed E-state index contributed by atoms with van der Waals surface area (Å²) >= 11 is 0. The number of aromatic nitrogens is 2. The van der Waals surface area contributed by atoms with E-state index in [9.17, 15) is 14.3 Å². The zero-order chi connectivity index (χ0) is 13.7. The molecular formula is C9H14N4O4S. The van der Waals surface area contributed by atoms with Gasteiger partial charge in [-0.3, -0.25) is 14.3 Å². The standard InChI is InChI=1S/C9H14N4O4S/c1-6(18(3)16)4-10-8-7(13(14)15)9(17-2)12-5-11-8/h5-6H,4H2,1-3H3,(H,10,11,12). The third-order valence-electron chi connectivity index (χ3n) is 2.29. The molecule has 100 valence electrons. The number of ether oxygens (including phenoxy) is 1. The van der Waals surface area contributed by atoms with E-state index in [0.29, 0.717) is 6.54 Å². The first kappa shape index (κ1) is 14.3. The van der Waals surface area contributed by atoms with Gasteiger partial charge in [-0.05, 0) is 6.92 Å². The van der Waals surface area contributed by atoms with Crippen LogP contribution in [0.3, 0.4) is 0 Å². The van der Waals surface area contributed by atoms with Gasteiger partial charge in [-0.15, -0.1) is 0 Å². The summed E-state index contributed by atoms with van der Waals surface area (Å²) < 4.78 is 16.0. The van der Waals surface area contributed by atoms with Crippen LogP contribution >= 0.6 is 0 Å². The second-order valence-electron chi connectivity index (χ2n) is 3.53. The molecule has 0 aliphatic carbocycles. The van der Waals surface area contributed by atoms with E-state index in [1.165, 1.54) is 13.4 Å². The zero-order valence-electron chi connectivity index (χ0n) is 10.2. The van der Waals surface area contributed by atoms with Gasteiger partial charge in [0, 0.05) is 28.9 Å². The second-order valence-corrected chi connectivity index (χ2v) is 5.33. The van der Waals surface area contributed by atoms with E-state index in [1.54, 1.807) is 13.2 Å². The molecule has 0 amide bonds. The Balaban J connectivity index is 2.95. The number of hydrogen-bond acceptors (Lipinski definition) is 7. The van der Waals surface area contributed by atoms with E-state index in [0.717, 1.165) is 0 Å². The second kappa shape index (κ2) is 6.24. The molecule has 0 aliphatic heterocycles. The third-order valence-corrected chi connectivity index (χ3v) is 3.59. The first-order chi connectivity index (χ1) is 8.47. The number of anilines is 1. The van der Waals surface area contributed by atoms with Crippen molar-refractivity contribution in [2.45, 2.75) is 12.2 Å². The highest BCUT2D eigenvalue weighted by molar-refractivity contribution is 7.84. The zero-order valence-corrected chi connectivity index (χ0v) is 11.1. The van der Waals surface area contributed by atoms with E-state index in [2.05, 4.69) is 15.3 Å². The Labute approximate surface area is 106 Å². The lowest BCUT2D eigenvalue weighted by Gasteiger charge is -2.11. The lowest BCUT2D eigenvalue weighted by Crippen LogP contribution is -2.21. The van der Waals surface area contributed by atoms with E-state index in [1.807, 2.05) is 0 Å². The topological polar surface area (TPSA) is 107 Å². The maximum atomic E-state index is 11.2. The van der Waals surface area contributed by atoms with E-state index in [4.69, 9.17) is 4.74 Å². The van der Waals surface area contributed by atoms with Crippen molar-refractivity contribution in [3.8, 4) is 5.88 Å². The van der Waals surface area contributed by atoms with Crippen LogP contribution in [-0.2, 0) is 10.8 Å². The molecule has 9 heteroatoms. The number of nitrogens with zero attached hydrogens (tertiary/aromatic N) is 3. The first-order valence-electron chi connectivity index (χ1n) is 5.06. The third kappa shape index (κ3) is 3.36. The summed E-state index contributed by atoms with van der Waals surface area (Å²) in [5.74, 6) is -0.0491. The molecule has 0 saturated heterocycles. The molecule has 0 spiro atoms. The molecule has 0 radical (unpaired) electrons. The minimum atomic E-state index is -1.02. The fourth-order valence-corrected chi connectivity index (χ4v) is 1.48. The van der Waals surface area contributed by atoms with Crippen LogP contribution in [0, 0.1) is 10.1 Å². The van der Waals surface area contributed by atoms with E-state index >= 15 is 0 Å². The molecule has 0 bridgehead atoms. The van der Waals surface area contributed by atoms with Gasteiger partial charge in [0.1, 0.15) is 6.33 Å². The van der Waals surface area contributed by atoms with Crippen molar-refractivity contribution in [2.24, 2.45) is 0 Å². The lowest BCUT2D eigenvalue weighted by molar-refractivity contribution is -0.385. The highest BCUT2D eigenvalue weighted by atomic mass is 32.2. The summed E-state index contributed by atoms with van der Waals surface area (Å²) in [6.45, 7) is 2.08. The summed E-state index contributed by atoms with van der Waals surface area (Å²) in [5, 5.41) is 13.6. The number of rotatable bonds is 6. The predicted molar refractivity (Wildman–Crippen MR) is 67.3 cm³/mol. The van der Waals surface area contributed by atoms with Gasteiger partial charge in [-0.2, -0.15) is 4.98 Å². The number of hydrogen-bond donors (Lipinski definition) is 1. The van der Waals surface area contributed by atoms with Crippen LogP contribution in [0.5, 0.6) is 5.88 Å². The van der Waals surface area contributed by atoms with Crippen molar-refractivity contribution >= 4 is 22.3 Å². The van der Waals surface area contributed by atoms with Crippen molar-refractivity contribution in [3.63, 3.8) is 0 Å². The van der Waals surface area contributed by atoms with Gasteiger partial charge in [-0.1, -0.05) is 0 Å². The molecule has 0 fully saturated rings. The smallest absolute Gasteiger partial charge is 0.372 e. The molecule has 2 atom stereocenters. The molecule has 0 aromatic carbocycles. The van der Waals surface area contributed by atoms with Gasteiger partial charge >= 0.3 is 5.69 Å². The van der Waals surface area contributed by atoms with E-state index in [-0.39, 0.29) is 22.6 Å². The fraction of sp³-hybridized carbons (Fsp3) is 0.556. The van der Waals surface area contributed by atoms with Crippen molar-refractivity contribution in [2.75, 3.05) is 25.2 Å². The Morgan fingerprint density at radius 2 is 2.28 bits per heavy atom. The van der Waals surface area contributed by atoms with Gasteiger partial charge in [0.2, 0.25) is 5.82 Å². The molecule has 8 nitrogen and oxygen atoms in total. The molecule has 0 aliphatic rings.